The predicted octanol–water partition coefficient (Wildman–Crippen LogP) is 4.29. The van der Waals surface area contributed by atoms with E-state index in [1.807, 2.05) is 13.0 Å². The normalized spacial score (nSPS) is 13.1. The van der Waals surface area contributed by atoms with Crippen molar-refractivity contribution >= 4 is 34.8 Å². The van der Waals surface area contributed by atoms with Gasteiger partial charge in [-0.3, -0.25) is 0 Å². The summed E-state index contributed by atoms with van der Waals surface area (Å²) in [5.74, 6) is 0. The van der Waals surface area contributed by atoms with Gasteiger partial charge in [0.05, 0.1) is 5.38 Å². The molecule has 60 valence electrons. The van der Waals surface area contributed by atoms with E-state index in [1.165, 1.54) is 0 Å². The fraction of sp³-hybridized carbons (Fsp3) is 0.250. The molecular weight excluding hydrogens is 202 g/mol. The van der Waals surface area contributed by atoms with Crippen molar-refractivity contribution in [2.24, 2.45) is 0 Å². The van der Waals surface area contributed by atoms with E-state index >= 15 is 0 Å². The average molecular weight is 210 g/mol. The lowest BCUT2D eigenvalue weighted by atomic mass is 10.2. The molecule has 0 saturated carbocycles. The lowest BCUT2D eigenvalue weighted by Gasteiger charge is -2.05. The van der Waals surface area contributed by atoms with E-state index in [-0.39, 0.29) is 5.38 Å². The lowest BCUT2D eigenvalue weighted by Crippen LogP contribution is -1.84. The Kier molecular flexibility index (Phi) is 3.06. The van der Waals surface area contributed by atoms with E-state index in [0.717, 1.165) is 5.56 Å². The van der Waals surface area contributed by atoms with Crippen LogP contribution in [0.1, 0.15) is 17.9 Å². The van der Waals surface area contributed by atoms with Crippen LogP contribution in [0.3, 0.4) is 0 Å². The second kappa shape index (κ2) is 3.66. The van der Waals surface area contributed by atoms with Crippen LogP contribution in [0.25, 0.3) is 0 Å². The Morgan fingerprint density at radius 2 is 1.91 bits per heavy atom. The maximum absolute atomic E-state index is 5.86. The van der Waals surface area contributed by atoms with Gasteiger partial charge in [-0.25, -0.2) is 0 Å². The lowest BCUT2D eigenvalue weighted by molar-refractivity contribution is 1.08. The van der Waals surface area contributed by atoms with Crippen LogP contribution in [-0.2, 0) is 0 Å². The zero-order chi connectivity index (χ0) is 8.43. The minimum absolute atomic E-state index is 0.0697. The van der Waals surface area contributed by atoms with E-state index in [1.54, 1.807) is 12.1 Å². The van der Waals surface area contributed by atoms with Crippen molar-refractivity contribution in [1.82, 2.24) is 0 Å². The number of benzene rings is 1. The largest absolute Gasteiger partial charge is 0.118 e. The summed E-state index contributed by atoms with van der Waals surface area (Å²) in [5, 5.41) is 1.19. The Balaban J connectivity index is 3.09. The van der Waals surface area contributed by atoms with Crippen molar-refractivity contribution in [2.45, 2.75) is 12.3 Å². The highest BCUT2D eigenvalue weighted by atomic mass is 35.5. The van der Waals surface area contributed by atoms with Gasteiger partial charge in [-0.15, -0.1) is 11.6 Å². The second-order valence-electron chi connectivity index (χ2n) is 2.28. The molecule has 3 heteroatoms. The van der Waals surface area contributed by atoms with Gasteiger partial charge in [0.25, 0.3) is 0 Å². The summed E-state index contributed by atoms with van der Waals surface area (Å²) < 4.78 is 0. The van der Waals surface area contributed by atoms with Crippen LogP contribution in [0.15, 0.2) is 18.2 Å². The van der Waals surface area contributed by atoms with Crippen LogP contribution in [0.4, 0.5) is 0 Å². The molecule has 0 nitrogen and oxygen atoms in total. The van der Waals surface area contributed by atoms with Crippen molar-refractivity contribution in [3.8, 4) is 0 Å². The molecule has 0 saturated heterocycles. The third-order valence-electron chi connectivity index (χ3n) is 1.39. The van der Waals surface area contributed by atoms with Gasteiger partial charge in [-0.05, 0) is 24.6 Å². The minimum Gasteiger partial charge on any atom is -0.118 e. The number of hydrogen-bond acceptors (Lipinski definition) is 0. The smallest absolute Gasteiger partial charge is 0.0571 e. The van der Waals surface area contributed by atoms with Gasteiger partial charge < -0.3 is 0 Å². The highest BCUT2D eigenvalue weighted by molar-refractivity contribution is 6.35. The zero-order valence-corrected chi connectivity index (χ0v) is 8.21. The summed E-state index contributed by atoms with van der Waals surface area (Å²) in [6.07, 6.45) is 0. The first-order valence-corrected chi connectivity index (χ1v) is 4.39. The van der Waals surface area contributed by atoms with Gasteiger partial charge in [-0.1, -0.05) is 29.3 Å². The van der Waals surface area contributed by atoms with Gasteiger partial charge in [0.1, 0.15) is 0 Å². The maximum atomic E-state index is 5.86. The van der Waals surface area contributed by atoms with Crippen molar-refractivity contribution in [3.05, 3.63) is 33.8 Å². The summed E-state index contributed by atoms with van der Waals surface area (Å²) in [5.41, 5.74) is 0.915. The van der Waals surface area contributed by atoms with Crippen LogP contribution in [0, 0.1) is 0 Å². The fourth-order valence-corrected chi connectivity index (χ4v) is 1.64. The Morgan fingerprint density at radius 1 is 1.27 bits per heavy atom. The fourth-order valence-electron chi connectivity index (χ4n) is 0.824. The van der Waals surface area contributed by atoms with Gasteiger partial charge in [0.2, 0.25) is 0 Å². The second-order valence-corrected chi connectivity index (χ2v) is 3.78. The summed E-state index contributed by atoms with van der Waals surface area (Å²) >= 11 is 17.4. The molecule has 0 aliphatic heterocycles. The molecule has 0 amide bonds. The quantitative estimate of drug-likeness (QED) is 0.605. The summed E-state index contributed by atoms with van der Waals surface area (Å²) in [4.78, 5) is 0. The first-order chi connectivity index (χ1) is 5.11. The molecule has 0 radical (unpaired) electrons. The van der Waals surface area contributed by atoms with Crippen LogP contribution >= 0.6 is 34.8 Å². The predicted molar refractivity (Wildman–Crippen MR) is 50.7 cm³/mol. The SMILES string of the molecule is CC(Cl)c1ccc(Cl)cc1Cl. The molecule has 1 atom stereocenters. The molecular formula is C8H7Cl3. The van der Waals surface area contributed by atoms with Crippen molar-refractivity contribution in [2.75, 3.05) is 0 Å². The van der Waals surface area contributed by atoms with Gasteiger partial charge in [0, 0.05) is 10.0 Å². The summed E-state index contributed by atoms with van der Waals surface area (Å²) in [7, 11) is 0. The third-order valence-corrected chi connectivity index (χ3v) is 2.19. The summed E-state index contributed by atoms with van der Waals surface area (Å²) in [6, 6.07) is 5.31. The van der Waals surface area contributed by atoms with Crippen molar-refractivity contribution in [1.29, 1.82) is 0 Å². The van der Waals surface area contributed by atoms with Gasteiger partial charge in [-0.2, -0.15) is 0 Å². The third kappa shape index (κ3) is 2.26. The molecule has 0 aromatic heterocycles. The Labute approximate surface area is 81.1 Å². The standard InChI is InChI=1S/C8H7Cl3/c1-5(9)7-3-2-6(10)4-8(7)11/h2-5H,1H3. The molecule has 0 aliphatic rings. The molecule has 0 heterocycles. The molecule has 0 fully saturated rings. The topological polar surface area (TPSA) is 0 Å². The first-order valence-electron chi connectivity index (χ1n) is 3.20. The Hall–Kier alpha value is 0.0900. The molecule has 0 N–H and O–H groups in total. The first kappa shape index (κ1) is 9.18. The monoisotopic (exact) mass is 208 g/mol. The van der Waals surface area contributed by atoms with Crippen LogP contribution in [0.5, 0.6) is 0 Å². The van der Waals surface area contributed by atoms with Crippen molar-refractivity contribution < 1.29 is 0 Å². The number of rotatable bonds is 1. The van der Waals surface area contributed by atoms with Crippen LogP contribution in [-0.4, -0.2) is 0 Å². The molecule has 0 aliphatic carbocycles. The highest BCUT2D eigenvalue weighted by Gasteiger charge is 2.05. The van der Waals surface area contributed by atoms with Crippen molar-refractivity contribution in [3.63, 3.8) is 0 Å². The van der Waals surface area contributed by atoms with Gasteiger partial charge in [0.15, 0.2) is 0 Å². The Bertz CT molecular complexity index is 256. The molecule has 11 heavy (non-hydrogen) atoms. The molecule has 1 unspecified atom stereocenters. The Morgan fingerprint density at radius 3 is 2.36 bits per heavy atom. The van der Waals surface area contributed by atoms with E-state index in [4.69, 9.17) is 34.8 Å². The molecule has 0 bridgehead atoms. The summed E-state index contributed by atoms with van der Waals surface area (Å²) in [6.45, 7) is 1.87. The molecule has 0 spiro atoms. The van der Waals surface area contributed by atoms with Crippen LogP contribution < -0.4 is 0 Å². The highest BCUT2D eigenvalue weighted by Crippen LogP contribution is 2.29. The maximum Gasteiger partial charge on any atom is 0.0571 e. The number of hydrogen-bond donors (Lipinski definition) is 0. The van der Waals surface area contributed by atoms with E-state index in [2.05, 4.69) is 0 Å². The van der Waals surface area contributed by atoms with E-state index in [0.29, 0.717) is 10.0 Å². The zero-order valence-electron chi connectivity index (χ0n) is 5.94. The number of alkyl halides is 1. The molecule has 1 aromatic carbocycles. The van der Waals surface area contributed by atoms with E-state index in [9.17, 15) is 0 Å². The number of halogens is 3. The van der Waals surface area contributed by atoms with Gasteiger partial charge >= 0.3 is 0 Å². The molecule has 1 aromatic rings. The van der Waals surface area contributed by atoms with E-state index < -0.39 is 0 Å². The average Bonchev–Trinajstić information content (AvgIpc) is 1.85. The van der Waals surface area contributed by atoms with Crippen LogP contribution in [0.2, 0.25) is 10.0 Å². The molecule has 1 rings (SSSR count). The minimum atomic E-state index is -0.0697.